The zero-order valence-electron chi connectivity index (χ0n) is 18.8. The molecule has 2 heterocycles. The highest BCUT2D eigenvalue weighted by molar-refractivity contribution is 5.99. The van der Waals surface area contributed by atoms with E-state index in [1.165, 1.54) is 16.7 Å². The number of aromatic nitrogens is 2. The maximum atomic E-state index is 13.1. The van der Waals surface area contributed by atoms with Crippen molar-refractivity contribution < 1.29 is 18.0 Å². The molecule has 1 atom stereocenters. The van der Waals surface area contributed by atoms with Gasteiger partial charge in [-0.25, -0.2) is 0 Å². The lowest BCUT2D eigenvalue weighted by atomic mass is 10.0. The summed E-state index contributed by atoms with van der Waals surface area (Å²) in [5.74, 6) is -0.301. The Morgan fingerprint density at radius 1 is 1.00 bits per heavy atom. The first-order valence-corrected chi connectivity index (χ1v) is 10.6. The molecule has 0 aliphatic heterocycles. The van der Waals surface area contributed by atoms with Crippen molar-refractivity contribution in [3.05, 3.63) is 105 Å². The third-order valence-corrected chi connectivity index (χ3v) is 5.92. The number of pyridine rings is 2. The molecular formula is C26H22F3N3O2. The van der Waals surface area contributed by atoms with Crippen molar-refractivity contribution in [3.8, 4) is 5.69 Å². The van der Waals surface area contributed by atoms with Gasteiger partial charge in [0.05, 0.1) is 22.8 Å². The number of fused-ring (bicyclic) bond motifs is 1. The second-order valence-corrected chi connectivity index (χ2v) is 8.12. The van der Waals surface area contributed by atoms with E-state index in [4.69, 9.17) is 0 Å². The Kier molecular flexibility index (Phi) is 6.00. The number of aryl methyl sites for hydroxylation is 1. The summed E-state index contributed by atoms with van der Waals surface area (Å²) in [6.07, 6.45) is -2.82. The molecule has 0 aliphatic rings. The van der Waals surface area contributed by atoms with Crippen LogP contribution in [0.5, 0.6) is 0 Å². The zero-order chi connectivity index (χ0) is 24.6. The number of hydrogen-bond acceptors (Lipinski definition) is 3. The van der Waals surface area contributed by atoms with Crippen LogP contribution < -0.4 is 10.9 Å². The largest absolute Gasteiger partial charge is 0.416 e. The number of carbonyl (C=O) groups is 1. The van der Waals surface area contributed by atoms with Gasteiger partial charge in [0.2, 0.25) is 0 Å². The van der Waals surface area contributed by atoms with Gasteiger partial charge in [0.1, 0.15) is 0 Å². The smallest absolute Gasteiger partial charge is 0.344 e. The molecule has 2 aromatic carbocycles. The molecule has 0 unspecified atom stereocenters. The van der Waals surface area contributed by atoms with Crippen molar-refractivity contribution in [1.29, 1.82) is 0 Å². The van der Waals surface area contributed by atoms with E-state index in [0.717, 1.165) is 17.8 Å². The van der Waals surface area contributed by atoms with Crippen LogP contribution in [0.1, 0.15) is 45.7 Å². The number of benzene rings is 2. The van der Waals surface area contributed by atoms with E-state index in [0.29, 0.717) is 33.3 Å². The summed E-state index contributed by atoms with van der Waals surface area (Å²) in [4.78, 5) is 30.2. The van der Waals surface area contributed by atoms with Crippen molar-refractivity contribution in [2.75, 3.05) is 0 Å². The number of alkyl halides is 3. The number of rotatable bonds is 4. The van der Waals surface area contributed by atoms with E-state index in [9.17, 15) is 22.8 Å². The van der Waals surface area contributed by atoms with Gasteiger partial charge < -0.3 is 5.32 Å². The fraction of sp³-hybridized carbons (Fsp3) is 0.192. The van der Waals surface area contributed by atoms with Gasteiger partial charge in [0, 0.05) is 28.4 Å². The van der Waals surface area contributed by atoms with Crippen molar-refractivity contribution in [2.45, 2.75) is 33.0 Å². The molecule has 8 heteroatoms. The normalized spacial score (nSPS) is 12.5. The van der Waals surface area contributed by atoms with Gasteiger partial charge in [-0.3, -0.25) is 19.1 Å². The minimum Gasteiger partial charge on any atom is -0.344 e. The first-order valence-electron chi connectivity index (χ1n) is 10.6. The van der Waals surface area contributed by atoms with Crippen LogP contribution in [0.15, 0.2) is 71.7 Å². The average molecular weight is 465 g/mol. The first-order chi connectivity index (χ1) is 16.1. The van der Waals surface area contributed by atoms with E-state index in [-0.39, 0.29) is 17.5 Å². The number of nitrogens with one attached hydrogen (secondary N) is 1. The van der Waals surface area contributed by atoms with Gasteiger partial charge in [-0.05, 0) is 80.9 Å². The molecule has 4 rings (SSSR count). The lowest BCUT2D eigenvalue weighted by molar-refractivity contribution is -0.137. The molecule has 0 saturated heterocycles. The molecule has 174 valence electrons. The SMILES string of the molecule is Cc1c(C)c2cc(C(=O)N[C@@H](C)c3ccccn3)ccc2n(-c2ccc(C(F)(F)F)cc2)c1=O. The summed E-state index contributed by atoms with van der Waals surface area (Å²) < 4.78 is 40.3. The van der Waals surface area contributed by atoms with Gasteiger partial charge in [-0.15, -0.1) is 0 Å². The number of halogens is 3. The average Bonchev–Trinajstić information content (AvgIpc) is 2.83. The van der Waals surface area contributed by atoms with E-state index in [2.05, 4.69) is 10.3 Å². The summed E-state index contributed by atoms with van der Waals surface area (Å²) in [5.41, 5.74) is 1.97. The number of hydrogen-bond donors (Lipinski definition) is 1. The summed E-state index contributed by atoms with van der Waals surface area (Å²) >= 11 is 0. The molecule has 34 heavy (non-hydrogen) atoms. The third kappa shape index (κ3) is 4.31. The molecule has 0 fully saturated rings. The van der Waals surface area contributed by atoms with Crippen LogP contribution in [0, 0.1) is 13.8 Å². The van der Waals surface area contributed by atoms with Gasteiger partial charge >= 0.3 is 6.18 Å². The summed E-state index contributed by atoms with van der Waals surface area (Å²) in [5, 5.41) is 3.57. The quantitative estimate of drug-likeness (QED) is 0.432. The van der Waals surface area contributed by atoms with E-state index in [1.807, 2.05) is 19.1 Å². The zero-order valence-corrected chi connectivity index (χ0v) is 18.8. The Bertz CT molecular complexity index is 1430. The van der Waals surface area contributed by atoms with Gasteiger partial charge in [0.15, 0.2) is 0 Å². The Balaban J connectivity index is 1.77. The molecule has 0 radical (unpaired) electrons. The van der Waals surface area contributed by atoms with Crippen molar-refractivity contribution in [2.24, 2.45) is 0 Å². The Hall–Kier alpha value is -3.94. The molecule has 0 bridgehead atoms. The second kappa shape index (κ2) is 8.78. The predicted molar refractivity (Wildman–Crippen MR) is 124 cm³/mol. The lowest BCUT2D eigenvalue weighted by Crippen LogP contribution is -2.27. The molecule has 0 saturated carbocycles. The minimum atomic E-state index is -4.47. The van der Waals surface area contributed by atoms with Crippen molar-refractivity contribution in [3.63, 3.8) is 0 Å². The van der Waals surface area contributed by atoms with Crippen molar-refractivity contribution >= 4 is 16.8 Å². The van der Waals surface area contributed by atoms with Crippen LogP contribution in [0.4, 0.5) is 13.2 Å². The van der Waals surface area contributed by atoms with E-state index in [1.54, 1.807) is 44.3 Å². The highest BCUT2D eigenvalue weighted by Crippen LogP contribution is 2.30. The fourth-order valence-corrected chi connectivity index (χ4v) is 3.85. The van der Waals surface area contributed by atoms with Crippen LogP contribution in [0.2, 0.25) is 0 Å². The third-order valence-electron chi connectivity index (χ3n) is 5.92. The van der Waals surface area contributed by atoms with Gasteiger partial charge in [0.25, 0.3) is 11.5 Å². The fourth-order valence-electron chi connectivity index (χ4n) is 3.85. The summed E-state index contributed by atoms with van der Waals surface area (Å²) in [6, 6.07) is 14.5. The molecular weight excluding hydrogens is 443 g/mol. The number of amides is 1. The maximum Gasteiger partial charge on any atom is 0.416 e. The predicted octanol–water partition coefficient (Wildman–Crippen LogP) is 5.51. The summed E-state index contributed by atoms with van der Waals surface area (Å²) in [6.45, 7) is 5.28. The molecule has 4 aromatic rings. The van der Waals surface area contributed by atoms with Crippen LogP contribution in [0.3, 0.4) is 0 Å². The maximum absolute atomic E-state index is 13.1. The van der Waals surface area contributed by atoms with Gasteiger partial charge in [-0.2, -0.15) is 13.2 Å². The second-order valence-electron chi connectivity index (χ2n) is 8.12. The van der Waals surface area contributed by atoms with Gasteiger partial charge in [-0.1, -0.05) is 6.07 Å². The standard InChI is InChI=1S/C26H22F3N3O2/c1-15-16(2)25(34)32(20-10-8-19(9-11-20)26(27,28)29)23-12-7-18(14-21(15)23)24(33)31-17(3)22-6-4-5-13-30-22/h4-14,17H,1-3H3,(H,31,33)/t17-/m0/s1. The summed E-state index contributed by atoms with van der Waals surface area (Å²) in [7, 11) is 0. The Morgan fingerprint density at radius 2 is 1.71 bits per heavy atom. The van der Waals surface area contributed by atoms with E-state index >= 15 is 0 Å². The first kappa shape index (κ1) is 23.2. The van der Waals surface area contributed by atoms with Crippen molar-refractivity contribution in [1.82, 2.24) is 14.9 Å². The van der Waals surface area contributed by atoms with E-state index < -0.39 is 11.7 Å². The highest BCUT2D eigenvalue weighted by atomic mass is 19.4. The number of carbonyl (C=O) groups excluding carboxylic acids is 1. The Morgan fingerprint density at radius 3 is 2.32 bits per heavy atom. The topological polar surface area (TPSA) is 64.0 Å². The van der Waals surface area contributed by atoms with Crippen LogP contribution in [-0.2, 0) is 6.18 Å². The monoisotopic (exact) mass is 465 g/mol. The highest BCUT2D eigenvalue weighted by Gasteiger charge is 2.30. The Labute approximate surface area is 193 Å². The molecule has 2 aromatic heterocycles. The van der Waals surface area contributed by atoms with Crippen LogP contribution in [0.25, 0.3) is 16.6 Å². The molecule has 1 amide bonds. The molecule has 0 spiro atoms. The van der Waals surface area contributed by atoms with Crippen LogP contribution >= 0.6 is 0 Å². The lowest BCUT2D eigenvalue weighted by Gasteiger charge is -2.17. The molecule has 5 nitrogen and oxygen atoms in total. The molecule has 1 N–H and O–H groups in total. The molecule has 0 aliphatic carbocycles. The van der Waals surface area contributed by atoms with Crippen LogP contribution in [-0.4, -0.2) is 15.5 Å². The minimum absolute atomic E-state index is 0.301. The number of nitrogens with zero attached hydrogens (tertiary/aromatic N) is 2.